The molecule has 5 heteroatoms. The van der Waals surface area contributed by atoms with Crippen LogP contribution in [0.2, 0.25) is 18.1 Å². The minimum Gasteiger partial charge on any atom is -0.412 e. The molecule has 1 saturated heterocycles. The van der Waals surface area contributed by atoms with Gasteiger partial charge >= 0.3 is 0 Å². The van der Waals surface area contributed by atoms with Crippen molar-refractivity contribution >= 4 is 16.2 Å². The van der Waals surface area contributed by atoms with E-state index in [0.717, 1.165) is 6.42 Å². The van der Waals surface area contributed by atoms with Crippen LogP contribution >= 0.6 is 0 Å². The minimum absolute atomic E-state index is 0.00424. The van der Waals surface area contributed by atoms with Crippen LogP contribution in [0.1, 0.15) is 41.0 Å². The van der Waals surface area contributed by atoms with Crippen molar-refractivity contribution in [3.8, 4) is 0 Å². The molecule has 0 aromatic carbocycles. The molecule has 2 radical (unpaired) electrons. The van der Waals surface area contributed by atoms with Gasteiger partial charge in [-0.3, -0.25) is 0 Å². The molecule has 4 atom stereocenters. The average molecular weight is 284 g/mol. The van der Waals surface area contributed by atoms with Gasteiger partial charge in [0, 0.05) is 11.9 Å². The molecule has 1 unspecified atom stereocenters. The molecule has 1 rings (SSSR count). The van der Waals surface area contributed by atoms with Gasteiger partial charge in [0.25, 0.3) is 0 Å². The van der Waals surface area contributed by atoms with Gasteiger partial charge in [-0.25, -0.2) is 0 Å². The van der Waals surface area contributed by atoms with Gasteiger partial charge in [-0.05, 0) is 24.6 Å². The maximum atomic E-state index is 9.66. The Labute approximate surface area is 120 Å². The predicted octanol–water partition coefficient (Wildman–Crippen LogP) is 2.68. The number of rotatable bonds is 4. The van der Waals surface area contributed by atoms with Crippen LogP contribution in [-0.4, -0.2) is 45.6 Å². The van der Waals surface area contributed by atoms with Crippen molar-refractivity contribution in [3.05, 3.63) is 0 Å². The molecule has 110 valence electrons. The molecule has 1 aliphatic rings. The van der Waals surface area contributed by atoms with Crippen LogP contribution in [0.15, 0.2) is 0 Å². The fourth-order valence-corrected chi connectivity index (χ4v) is 3.79. The summed E-state index contributed by atoms with van der Waals surface area (Å²) in [6, 6.07) is -0.448. The van der Waals surface area contributed by atoms with E-state index in [1.54, 1.807) is 0 Å². The number of hydrogen-bond acceptors (Lipinski definition) is 3. The summed E-state index contributed by atoms with van der Waals surface area (Å²) in [4.78, 5) is 0. The lowest BCUT2D eigenvalue weighted by atomic mass is 9.82. The van der Waals surface area contributed by atoms with Gasteiger partial charge in [-0.2, -0.15) is 0 Å². The van der Waals surface area contributed by atoms with E-state index in [-0.39, 0.29) is 23.7 Å². The molecule has 1 fully saturated rings. The summed E-state index contributed by atoms with van der Waals surface area (Å²) in [5.74, 6) is 0.103. The van der Waals surface area contributed by atoms with E-state index in [2.05, 4.69) is 40.8 Å². The smallest absolute Gasteiger partial charge is 0.192 e. The van der Waals surface area contributed by atoms with Crippen molar-refractivity contribution in [2.75, 3.05) is 6.61 Å². The van der Waals surface area contributed by atoms with Crippen molar-refractivity contribution in [2.24, 2.45) is 5.92 Å². The molecule has 0 amide bonds. The maximum absolute atomic E-state index is 9.66. The molecule has 19 heavy (non-hydrogen) atoms. The van der Waals surface area contributed by atoms with Crippen molar-refractivity contribution < 1.29 is 14.3 Å². The Bertz CT molecular complexity index is 310. The second-order valence-electron chi connectivity index (χ2n) is 7.29. The van der Waals surface area contributed by atoms with Gasteiger partial charge in [0.05, 0.1) is 18.3 Å². The Morgan fingerprint density at radius 1 is 1.37 bits per heavy atom. The molecule has 0 spiro atoms. The van der Waals surface area contributed by atoms with Crippen LogP contribution in [0.3, 0.4) is 0 Å². The Kier molecular flexibility index (Phi) is 4.99. The van der Waals surface area contributed by atoms with Gasteiger partial charge in [0.1, 0.15) is 7.85 Å². The van der Waals surface area contributed by atoms with Gasteiger partial charge < -0.3 is 14.3 Å². The first kappa shape index (κ1) is 17.2. The first-order chi connectivity index (χ1) is 8.50. The Hall–Kier alpha value is 0.162. The summed E-state index contributed by atoms with van der Waals surface area (Å²) in [7, 11) is 4.23. The van der Waals surface area contributed by atoms with E-state index in [0.29, 0.717) is 0 Å². The van der Waals surface area contributed by atoms with Crippen LogP contribution in [0, 0.1) is 5.92 Å². The first-order valence-electron chi connectivity index (χ1n) is 7.23. The average Bonchev–Trinajstić information content (AvgIpc) is 2.52. The fourth-order valence-electron chi connectivity index (χ4n) is 2.41. The molecule has 0 aromatic rings. The van der Waals surface area contributed by atoms with E-state index in [4.69, 9.17) is 17.0 Å². The fraction of sp³-hybridized carbons (Fsp3) is 1.00. The van der Waals surface area contributed by atoms with E-state index in [1.807, 2.05) is 6.92 Å². The monoisotopic (exact) mass is 284 g/mol. The normalized spacial score (nSPS) is 36.7. The summed E-state index contributed by atoms with van der Waals surface area (Å²) in [6.07, 6.45) is 0.614. The second-order valence-corrected chi connectivity index (χ2v) is 12.0. The molecule has 1 aliphatic heterocycles. The zero-order valence-corrected chi connectivity index (χ0v) is 14.5. The summed E-state index contributed by atoms with van der Waals surface area (Å²) in [5.41, 5.74) is -0.549. The van der Waals surface area contributed by atoms with Gasteiger partial charge in [0.2, 0.25) is 0 Å². The van der Waals surface area contributed by atoms with Gasteiger partial charge in [0.15, 0.2) is 8.32 Å². The van der Waals surface area contributed by atoms with Crippen LogP contribution in [0.4, 0.5) is 0 Å². The Morgan fingerprint density at radius 2 is 1.89 bits per heavy atom. The lowest BCUT2D eigenvalue weighted by Crippen LogP contribution is -2.48. The zero-order valence-electron chi connectivity index (χ0n) is 13.5. The molecule has 0 aliphatic carbocycles. The van der Waals surface area contributed by atoms with E-state index in [1.165, 1.54) is 0 Å². The number of aliphatic hydroxyl groups is 1. The summed E-state index contributed by atoms with van der Waals surface area (Å²) in [6.45, 7) is 15.2. The van der Waals surface area contributed by atoms with Gasteiger partial charge in [-0.1, -0.05) is 34.6 Å². The SMILES string of the molecule is [B][C@@H]1O[C@@](CC)(CO)[C@H](C)C1O[Si](C)(C)C(C)(C)C. The topological polar surface area (TPSA) is 38.7 Å². The molecule has 0 saturated carbocycles. The van der Waals surface area contributed by atoms with Crippen LogP contribution in [-0.2, 0) is 9.16 Å². The third-order valence-corrected chi connectivity index (χ3v) is 9.59. The lowest BCUT2D eigenvalue weighted by molar-refractivity contribution is -0.0709. The third kappa shape index (κ3) is 3.09. The first-order valence-corrected chi connectivity index (χ1v) is 10.1. The minimum atomic E-state index is -1.88. The highest BCUT2D eigenvalue weighted by atomic mass is 28.4. The van der Waals surface area contributed by atoms with Crippen molar-refractivity contribution in [1.82, 2.24) is 0 Å². The molecule has 3 nitrogen and oxygen atoms in total. The standard InChI is InChI=1S/C14H29BO3Si/c1-8-14(9-16)10(2)11(12(15)17-14)18-19(6,7)13(3,4)5/h10-12,16H,8-9H2,1-7H3/t10-,11?,12-,14+/m1/s1. The highest BCUT2D eigenvalue weighted by molar-refractivity contribution is 6.74. The molecule has 1 N–H and O–H groups in total. The summed E-state index contributed by atoms with van der Waals surface area (Å²) >= 11 is 0. The highest BCUT2D eigenvalue weighted by Crippen LogP contribution is 2.44. The zero-order chi connectivity index (χ0) is 15.1. The number of hydrogen-bond donors (Lipinski definition) is 1. The second kappa shape index (κ2) is 5.51. The lowest BCUT2D eigenvalue weighted by Gasteiger charge is -2.40. The Morgan fingerprint density at radius 3 is 2.21 bits per heavy atom. The summed E-state index contributed by atoms with van der Waals surface area (Å²) in [5, 5.41) is 9.80. The largest absolute Gasteiger partial charge is 0.412 e. The van der Waals surface area contributed by atoms with E-state index >= 15 is 0 Å². The van der Waals surface area contributed by atoms with Gasteiger partial charge in [-0.15, -0.1) is 0 Å². The van der Waals surface area contributed by atoms with Crippen LogP contribution in [0.5, 0.6) is 0 Å². The van der Waals surface area contributed by atoms with Crippen molar-refractivity contribution in [3.63, 3.8) is 0 Å². The molecular weight excluding hydrogens is 255 g/mol. The molecule has 0 aromatic heterocycles. The quantitative estimate of drug-likeness (QED) is 0.807. The maximum Gasteiger partial charge on any atom is 0.192 e. The van der Waals surface area contributed by atoms with Crippen molar-refractivity contribution in [1.29, 1.82) is 0 Å². The van der Waals surface area contributed by atoms with E-state index in [9.17, 15) is 5.11 Å². The van der Waals surface area contributed by atoms with Crippen molar-refractivity contribution in [2.45, 2.75) is 76.9 Å². The predicted molar refractivity (Wildman–Crippen MR) is 82.0 cm³/mol. The number of aliphatic hydroxyl groups excluding tert-OH is 1. The molecule has 1 heterocycles. The Balaban J connectivity index is 2.91. The van der Waals surface area contributed by atoms with Crippen LogP contribution in [0.25, 0.3) is 0 Å². The molecular formula is C14H29BO3Si. The summed E-state index contributed by atoms with van der Waals surface area (Å²) < 4.78 is 12.3. The molecule has 0 bridgehead atoms. The highest BCUT2D eigenvalue weighted by Gasteiger charge is 2.52. The van der Waals surface area contributed by atoms with Crippen LogP contribution < -0.4 is 0 Å². The van der Waals surface area contributed by atoms with E-state index < -0.39 is 19.9 Å². The number of ether oxygens (including phenoxy) is 1. The third-order valence-electron chi connectivity index (χ3n) is 5.12.